The Morgan fingerprint density at radius 2 is 1.83 bits per heavy atom. The maximum Gasteiger partial charge on any atom is 0.191 e. The van der Waals surface area contributed by atoms with Gasteiger partial charge in [0.25, 0.3) is 0 Å². The number of pyridine rings is 1. The number of nitrogens with one attached hydrogen (secondary N) is 2. The molecule has 0 saturated carbocycles. The van der Waals surface area contributed by atoms with Gasteiger partial charge in [0.1, 0.15) is 5.82 Å². The smallest absolute Gasteiger partial charge is 0.191 e. The topological polar surface area (TPSA) is 55.8 Å². The van der Waals surface area contributed by atoms with Gasteiger partial charge >= 0.3 is 0 Å². The maximum absolute atomic E-state index is 4.59. The Balaban J connectivity index is 0.00000320. The van der Waals surface area contributed by atoms with E-state index in [1.54, 1.807) is 0 Å². The van der Waals surface area contributed by atoms with Crippen LogP contribution in [0.5, 0.6) is 0 Å². The van der Waals surface area contributed by atoms with E-state index in [9.17, 15) is 0 Å². The molecule has 2 heterocycles. The highest BCUT2D eigenvalue weighted by molar-refractivity contribution is 14.0. The second kappa shape index (κ2) is 12.7. The number of guanidine groups is 1. The van der Waals surface area contributed by atoms with Crippen molar-refractivity contribution in [1.82, 2.24) is 20.5 Å². The van der Waals surface area contributed by atoms with Crippen LogP contribution >= 0.6 is 24.0 Å². The molecule has 0 bridgehead atoms. The number of hydrogen-bond acceptors (Lipinski definition) is 4. The fraction of sp³-hybridized carbons (Fsp3) is 0.478. The summed E-state index contributed by atoms with van der Waals surface area (Å²) in [5.74, 6) is 2.31. The van der Waals surface area contributed by atoms with Crippen LogP contribution in [0.4, 0.5) is 5.82 Å². The third-order valence-corrected chi connectivity index (χ3v) is 5.58. The van der Waals surface area contributed by atoms with Gasteiger partial charge in [0, 0.05) is 52.5 Å². The van der Waals surface area contributed by atoms with Crippen molar-refractivity contribution in [3.05, 3.63) is 59.8 Å². The summed E-state index contributed by atoms with van der Waals surface area (Å²) >= 11 is 0. The summed E-state index contributed by atoms with van der Waals surface area (Å²) in [6.45, 7) is 11.4. The van der Waals surface area contributed by atoms with Gasteiger partial charge in [0.05, 0.1) is 0 Å². The lowest BCUT2D eigenvalue weighted by Crippen LogP contribution is -2.46. The summed E-state index contributed by atoms with van der Waals surface area (Å²) in [7, 11) is 1.81. The molecule has 30 heavy (non-hydrogen) atoms. The maximum atomic E-state index is 4.59. The van der Waals surface area contributed by atoms with Gasteiger partial charge < -0.3 is 20.4 Å². The molecule has 1 unspecified atom stereocenters. The Morgan fingerprint density at radius 1 is 1.10 bits per heavy atom. The van der Waals surface area contributed by atoms with Crippen molar-refractivity contribution >= 4 is 35.8 Å². The van der Waals surface area contributed by atoms with Gasteiger partial charge in [0.15, 0.2) is 5.96 Å². The summed E-state index contributed by atoms with van der Waals surface area (Å²) < 4.78 is 0. The molecule has 0 spiro atoms. The number of benzene rings is 1. The highest BCUT2D eigenvalue weighted by Gasteiger charge is 2.16. The molecule has 0 aliphatic carbocycles. The van der Waals surface area contributed by atoms with Gasteiger partial charge in [-0.15, -0.1) is 24.0 Å². The van der Waals surface area contributed by atoms with E-state index in [1.165, 1.54) is 11.1 Å². The molecule has 1 aromatic heterocycles. The van der Waals surface area contributed by atoms with Crippen LogP contribution in [0.25, 0.3) is 0 Å². The Labute approximate surface area is 198 Å². The molecule has 2 N–H and O–H groups in total. The second-order valence-corrected chi connectivity index (χ2v) is 7.56. The van der Waals surface area contributed by atoms with Crippen molar-refractivity contribution in [2.45, 2.75) is 26.3 Å². The zero-order chi connectivity index (χ0) is 20.5. The summed E-state index contributed by atoms with van der Waals surface area (Å²) in [5.41, 5.74) is 2.55. The van der Waals surface area contributed by atoms with Gasteiger partial charge in [0.2, 0.25) is 0 Å². The van der Waals surface area contributed by atoms with E-state index in [1.807, 2.05) is 13.2 Å². The standard InChI is InChI=1S/C23H34N6.HI/c1-4-28-12-14-29(15-13-28)22-16-20(10-11-25-22)18-27-23(24-3)26-17-19(2)21-8-6-5-7-9-21;/h5-11,16,19H,4,12-15,17-18H2,1-3H3,(H2,24,26,27);1H. The van der Waals surface area contributed by atoms with Gasteiger partial charge in [-0.25, -0.2) is 4.98 Å². The number of rotatable bonds is 7. The van der Waals surface area contributed by atoms with Crippen LogP contribution < -0.4 is 15.5 Å². The molecular weight excluding hydrogens is 487 g/mol. The van der Waals surface area contributed by atoms with Crippen molar-refractivity contribution in [3.63, 3.8) is 0 Å². The van der Waals surface area contributed by atoms with Crippen LogP contribution in [0.3, 0.4) is 0 Å². The number of piperazine rings is 1. The van der Waals surface area contributed by atoms with Gasteiger partial charge in [-0.2, -0.15) is 0 Å². The molecule has 164 valence electrons. The highest BCUT2D eigenvalue weighted by Crippen LogP contribution is 2.15. The molecule has 1 aromatic carbocycles. The minimum absolute atomic E-state index is 0. The molecule has 0 amide bonds. The molecule has 0 radical (unpaired) electrons. The van der Waals surface area contributed by atoms with E-state index >= 15 is 0 Å². The third kappa shape index (κ3) is 7.12. The lowest BCUT2D eigenvalue weighted by Gasteiger charge is -2.34. The Hall–Kier alpha value is -1.87. The van der Waals surface area contributed by atoms with Crippen LogP contribution in [0.15, 0.2) is 53.7 Å². The van der Waals surface area contributed by atoms with Crippen molar-refractivity contribution in [2.24, 2.45) is 4.99 Å². The number of aromatic nitrogens is 1. The van der Waals surface area contributed by atoms with Crippen LogP contribution in [0.2, 0.25) is 0 Å². The molecular formula is C23H35IN6. The lowest BCUT2D eigenvalue weighted by atomic mass is 10.0. The van der Waals surface area contributed by atoms with Crippen molar-refractivity contribution in [3.8, 4) is 0 Å². The molecule has 6 nitrogen and oxygen atoms in total. The number of halogens is 1. The quantitative estimate of drug-likeness (QED) is 0.332. The zero-order valence-electron chi connectivity index (χ0n) is 18.3. The van der Waals surface area contributed by atoms with Crippen LogP contribution in [-0.4, -0.2) is 62.2 Å². The van der Waals surface area contributed by atoms with E-state index in [-0.39, 0.29) is 24.0 Å². The Bertz CT molecular complexity index is 774. The summed E-state index contributed by atoms with van der Waals surface area (Å²) in [6, 6.07) is 14.8. The SMILES string of the molecule is CCN1CCN(c2cc(CNC(=NC)NCC(C)c3ccccc3)ccn2)CC1.I. The van der Waals surface area contributed by atoms with E-state index < -0.39 is 0 Å². The number of aliphatic imine (C=N–C) groups is 1. The van der Waals surface area contributed by atoms with Gasteiger partial charge in [-0.1, -0.05) is 44.2 Å². The molecule has 3 rings (SSSR count). The fourth-order valence-corrected chi connectivity index (χ4v) is 3.59. The first-order valence-corrected chi connectivity index (χ1v) is 10.6. The van der Waals surface area contributed by atoms with Crippen LogP contribution in [0, 0.1) is 0 Å². The van der Waals surface area contributed by atoms with E-state index in [0.717, 1.165) is 57.6 Å². The number of hydrogen-bond donors (Lipinski definition) is 2. The molecule has 7 heteroatoms. The molecule has 1 fully saturated rings. The Kier molecular flexibility index (Phi) is 10.4. The lowest BCUT2D eigenvalue weighted by molar-refractivity contribution is 0.270. The minimum atomic E-state index is 0. The summed E-state index contributed by atoms with van der Waals surface area (Å²) in [6.07, 6.45) is 1.91. The predicted molar refractivity (Wildman–Crippen MR) is 137 cm³/mol. The van der Waals surface area contributed by atoms with Crippen molar-refractivity contribution in [1.29, 1.82) is 0 Å². The normalized spacial score (nSPS) is 16.0. The monoisotopic (exact) mass is 522 g/mol. The van der Waals surface area contributed by atoms with Crippen LogP contribution in [0.1, 0.15) is 30.9 Å². The molecule has 1 aliphatic rings. The molecule has 1 aliphatic heterocycles. The number of anilines is 1. The second-order valence-electron chi connectivity index (χ2n) is 7.56. The molecule has 1 saturated heterocycles. The summed E-state index contributed by atoms with van der Waals surface area (Å²) in [5, 5.41) is 6.86. The first kappa shape index (κ1) is 24.4. The third-order valence-electron chi connectivity index (χ3n) is 5.58. The largest absolute Gasteiger partial charge is 0.356 e. The molecule has 2 aromatic rings. The van der Waals surface area contributed by atoms with Gasteiger partial charge in [-0.3, -0.25) is 4.99 Å². The van der Waals surface area contributed by atoms with Crippen molar-refractivity contribution < 1.29 is 0 Å². The van der Waals surface area contributed by atoms with E-state index in [0.29, 0.717) is 5.92 Å². The summed E-state index contributed by atoms with van der Waals surface area (Å²) in [4.78, 5) is 13.8. The number of nitrogens with zero attached hydrogens (tertiary/aromatic N) is 4. The average Bonchev–Trinajstić information content (AvgIpc) is 2.80. The minimum Gasteiger partial charge on any atom is -0.356 e. The van der Waals surface area contributed by atoms with E-state index in [2.05, 4.69) is 86.7 Å². The van der Waals surface area contributed by atoms with Crippen molar-refractivity contribution in [2.75, 3.05) is 51.2 Å². The number of likely N-dealkylation sites (N-methyl/N-ethyl adjacent to an activating group) is 1. The highest BCUT2D eigenvalue weighted by atomic mass is 127. The van der Waals surface area contributed by atoms with E-state index in [4.69, 9.17) is 0 Å². The first-order valence-electron chi connectivity index (χ1n) is 10.6. The average molecular weight is 522 g/mol. The molecule has 1 atom stereocenters. The first-order chi connectivity index (χ1) is 14.2. The predicted octanol–water partition coefficient (Wildman–Crippen LogP) is 3.31. The fourth-order valence-electron chi connectivity index (χ4n) is 3.59. The van der Waals surface area contributed by atoms with Gasteiger partial charge in [-0.05, 0) is 35.7 Å². The Morgan fingerprint density at radius 3 is 2.50 bits per heavy atom. The van der Waals surface area contributed by atoms with Crippen LogP contribution in [-0.2, 0) is 6.54 Å². The zero-order valence-corrected chi connectivity index (χ0v) is 20.7.